The number of hydrogen-bond donors (Lipinski definition) is 1. The van der Waals surface area contributed by atoms with Crippen molar-refractivity contribution in [2.45, 2.75) is 57.9 Å². The van der Waals surface area contributed by atoms with Crippen LogP contribution in [0.1, 0.15) is 60.7 Å². The van der Waals surface area contributed by atoms with Crippen LogP contribution in [0.5, 0.6) is 5.75 Å². The molecule has 2 aliphatic rings. The molecule has 1 N–H and O–H groups in total. The molecular weight excluding hydrogens is 501 g/mol. The van der Waals surface area contributed by atoms with Gasteiger partial charge in [-0.1, -0.05) is 11.2 Å². The van der Waals surface area contributed by atoms with Crippen molar-refractivity contribution in [3.05, 3.63) is 52.9 Å². The number of aryl methyl sites for hydroxylation is 1. The number of carbonyl (C=O) groups excluding carboxylic acids is 1. The summed E-state index contributed by atoms with van der Waals surface area (Å²) in [4.78, 5) is 27.2. The minimum absolute atomic E-state index is 0.105. The minimum atomic E-state index is -3.26. The van der Waals surface area contributed by atoms with Crippen LogP contribution < -0.4 is 10.1 Å². The second kappa shape index (κ2) is 11.1. The number of rotatable bonds is 8. The van der Waals surface area contributed by atoms with E-state index in [0.29, 0.717) is 55.1 Å². The molecule has 2 aliphatic heterocycles. The molecular formula is C25H32FN5O5S. The molecule has 1 aromatic heterocycles. The van der Waals surface area contributed by atoms with Gasteiger partial charge in [-0.05, 0) is 57.4 Å². The quantitative estimate of drug-likeness (QED) is 0.554. The van der Waals surface area contributed by atoms with E-state index in [9.17, 15) is 17.6 Å². The van der Waals surface area contributed by atoms with Crippen LogP contribution in [0.4, 0.5) is 4.39 Å². The third-order valence-electron chi connectivity index (χ3n) is 6.71. The number of piperidine rings is 1. The molecule has 2 aromatic rings. The fourth-order valence-corrected chi connectivity index (χ4v) is 5.84. The van der Waals surface area contributed by atoms with Crippen LogP contribution in [-0.4, -0.2) is 65.9 Å². The second-order valence-electron chi connectivity index (χ2n) is 9.55. The van der Waals surface area contributed by atoms with Crippen molar-refractivity contribution in [1.29, 1.82) is 0 Å². The van der Waals surface area contributed by atoms with Gasteiger partial charge in [0.25, 0.3) is 5.91 Å². The normalized spacial score (nSPS) is 19.0. The average molecular weight is 534 g/mol. The van der Waals surface area contributed by atoms with Crippen molar-refractivity contribution >= 4 is 21.6 Å². The van der Waals surface area contributed by atoms with E-state index in [4.69, 9.17) is 9.57 Å². The summed E-state index contributed by atoms with van der Waals surface area (Å²) >= 11 is 0. The van der Waals surface area contributed by atoms with Crippen molar-refractivity contribution in [2.75, 3.05) is 20.2 Å². The number of ether oxygens (including phenoxy) is 1. The molecule has 10 nitrogen and oxygen atoms in total. The summed E-state index contributed by atoms with van der Waals surface area (Å²) in [5.74, 6) is -0.168. The Morgan fingerprint density at radius 1 is 1.24 bits per heavy atom. The highest BCUT2D eigenvalue weighted by Gasteiger charge is 2.37. The minimum Gasteiger partial charge on any atom is -0.494 e. The largest absolute Gasteiger partial charge is 0.494 e. The van der Waals surface area contributed by atoms with Crippen LogP contribution in [0.15, 0.2) is 29.4 Å². The van der Waals surface area contributed by atoms with Crippen molar-refractivity contribution in [1.82, 2.24) is 19.6 Å². The summed E-state index contributed by atoms with van der Waals surface area (Å²) in [6.07, 6.45) is 1.75. The van der Waals surface area contributed by atoms with Crippen LogP contribution in [-0.2, 0) is 21.4 Å². The van der Waals surface area contributed by atoms with Gasteiger partial charge in [-0.15, -0.1) is 0 Å². The van der Waals surface area contributed by atoms with E-state index in [-0.39, 0.29) is 30.0 Å². The van der Waals surface area contributed by atoms with E-state index in [1.54, 1.807) is 37.2 Å². The van der Waals surface area contributed by atoms with E-state index in [2.05, 4.69) is 20.4 Å². The maximum atomic E-state index is 13.6. The van der Waals surface area contributed by atoms with Gasteiger partial charge in [-0.2, -0.15) is 0 Å². The lowest BCUT2D eigenvalue weighted by atomic mass is 9.89. The van der Waals surface area contributed by atoms with E-state index < -0.39 is 27.0 Å². The van der Waals surface area contributed by atoms with E-state index in [1.807, 2.05) is 0 Å². The smallest absolute Gasteiger partial charge is 0.270 e. The molecule has 3 heterocycles. The van der Waals surface area contributed by atoms with E-state index >= 15 is 0 Å². The van der Waals surface area contributed by atoms with Crippen LogP contribution in [0.3, 0.4) is 0 Å². The summed E-state index contributed by atoms with van der Waals surface area (Å²) < 4.78 is 45.1. The van der Waals surface area contributed by atoms with Gasteiger partial charge in [0.2, 0.25) is 10.0 Å². The Hall–Kier alpha value is -3.12. The molecule has 0 bridgehead atoms. The van der Waals surface area contributed by atoms with Crippen LogP contribution >= 0.6 is 0 Å². The van der Waals surface area contributed by atoms with Crippen molar-refractivity contribution in [2.24, 2.45) is 11.1 Å². The zero-order valence-corrected chi connectivity index (χ0v) is 22.2. The molecule has 0 saturated carbocycles. The third kappa shape index (κ3) is 6.07. The maximum absolute atomic E-state index is 13.6. The first-order chi connectivity index (χ1) is 17.6. The Balaban J connectivity index is 1.37. The molecule has 1 saturated heterocycles. The molecule has 1 fully saturated rings. The first-order valence-corrected chi connectivity index (χ1v) is 13.8. The lowest BCUT2D eigenvalue weighted by molar-refractivity contribution is 0.0224. The van der Waals surface area contributed by atoms with E-state index in [1.165, 1.54) is 19.2 Å². The molecule has 1 amide bonds. The highest BCUT2D eigenvalue weighted by atomic mass is 32.2. The van der Waals surface area contributed by atoms with Gasteiger partial charge in [0, 0.05) is 32.0 Å². The van der Waals surface area contributed by atoms with Crippen LogP contribution in [0, 0.1) is 18.7 Å². The fraction of sp³-hybridized carbons (Fsp3) is 0.520. The average Bonchev–Trinajstić information content (AvgIpc) is 3.38. The summed E-state index contributed by atoms with van der Waals surface area (Å²) in [5, 5.41) is 6.58. The molecule has 0 radical (unpaired) electrons. The van der Waals surface area contributed by atoms with Gasteiger partial charge in [0.05, 0.1) is 18.1 Å². The molecule has 0 spiro atoms. The van der Waals surface area contributed by atoms with Gasteiger partial charge in [-0.3, -0.25) is 4.79 Å². The molecule has 37 heavy (non-hydrogen) atoms. The Kier molecular flexibility index (Phi) is 8.08. The number of carbonyl (C=O) groups is 1. The summed E-state index contributed by atoms with van der Waals surface area (Å²) in [7, 11) is -1.88. The monoisotopic (exact) mass is 533 g/mol. The molecule has 200 valence electrons. The van der Waals surface area contributed by atoms with Crippen molar-refractivity contribution in [3.8, 4) is 5.75 Å². The first kappa shape index (κ1) is 26.9. The summed E-state index contributed by atoms with van der Waals surface area (Å²) in [5.41, 5.74) is 2.02. The topological polar surface area (TPSA) is 123 Å². The number of hydrogen-bond acceptors (Lipinski definition) is 8. The van der Waals surface area contributed by atoms with Crippen molar-refractivity contribution < 1.29 is 27.2 Å². The van der Waals surface area contributed by atoms with Crippen LogP contribution in [0.25, 0.3) is 0 Å². The Morgan fingerprint density at radius 3 is 2.65 bits per heavy atom. The zero-order chi connectivity index (χ0) is 26.7. The molecule has 4 rings (SSSR count). The lowest BCUT2D eigenvalue weighted by Gasteiger charge is -2.33. The number of amides is 1. The SMILES string of the molecule is COc1cc(CNC(=O)c2cc(C3=NOC(C4CCN(S(=O)(=O)C(C)C)CC4)C3)nc(C)n2)ccc1F. The predicted molar refractivity (Wildman–Crippen MR) is 135 cm³/mol. The molecule has 1 atom stereocenters. The van der Waals surface area contributed by atoms with Gasteiger partial charge in [0.1, 0.15) is 23.3 Å². The number of oxime groups is 1. The number of methoxy groups -OCH3 is 1. The second-order valence-corrected chi connectivity index (χ2v) is 12.0. The van der Waals surface area contributed by atoms with Crippen molar-refractivity contribution in [3.63, 3.8) is 0 Å². The number of aromatic nitrogens is 2. The molecule has 1 unspecified atom stereocenters. The van der Waals surface area contributed by atoms with Gasteiger partial charge in [-0.25, -0.2) is 27.1 Å². The highest BCUT2D eigenvalue weighted by molar-refractivity contribution is 7.89. The Bertz CT molecular complexity index is 1290. The van der Waals surface area contributed by atoms with E-state index in [0.717, 1.165) is 0 Å². The predicted octanol–water partition coefficient (Wildman–Crippen LogP) is 2.81. The summed E-state index contributed by atoms with van der Waals surface area (Å²) in [6, 6.07) is 5.97. The molecule has 0 aliphatic carbocycles. The van der Waals surface area contributed by atoms with Crippen LogP contribution in [0.2, 0.25) is 0 Å². The van der Waals surface area contributed by atoms with Gasteiger partial charge < -0.3 is 14.9 Å². The highest BCUT2D eigenvalue weighted by Crippen LogP contribution is 2.31. The van der Waals surface area contributed by atoms with Gasteiger partial charge >= 0.3 is 0 Å². The number of halogens is 1. The maximum Gasteiger partial charge on any atom is 0.270 e. The number of nitrogens with one attached hydrogen (secondary N) is 1. The first-order valence-electron chi connectivity index (χ1n) is 12.3. The van der Waals surface area contributed by atoms with Gasteiger partial charge in [0.15, 0.2) is 11.6 Å². The lowest BCUT2D eigenvalue weighted by Crippen LogP contribution is -2.43. The number of benzene rings is 1. The number of nitrogens with zero attached hydrogens (tertiary/aromatic N) is 4. The molecule has 1 aromatic carbocycles. The Labute approximate surface area is 216 Å². The molecule has 12 heteroatoms. The Morgan fingerprint density at radius 2 is 1.97 bits per heavy atom. The summed E-state index contributed by atoms with van der Waals surface area (Å²) in [6.45, 7) is 6.20. The third-order valence-corrected chi connectivity index (χ3v) is 8.98. The standard InChI is InChI=1S/C25H32FN5O5S/c1-15(2)37(33,34)31-9-7-18(8-10-31)23-13-21(30-36-23)20-12-22(29-16(3)28-20)25(32)27-14-17-5-6-19(26)24(11-17)35-4/h5-6,11-12,15,18,23H,7-10,13-14H2,1-4H3,(H,27,32). The zero-order valence-electron chi connectivity index (χ0n) is 21.4. The number of sulfonamides is 1. The fourth-order valence-electron chi connectivity index (χ4n) is 4.52.